The number of esters is 2. The van der Waals surface area contributed by atoms with E-state index in [9.17, 15) is 9.59 Å². The van der Waals surface area contributed by atoms with Gasteiger partial charge in [-0.3, -0.25) is 14.6 Å². The average Bonchev–Trinajstić information content (AvgIpc) is 2.46. The zero-order valence-corrected chi connectivity index (χ0v) is 12.3. The molecule has 1 aromatic rings. The Labute approximate surface area is 122 Å². The molecule has 0 N–H and O–H groups in total. The van der Waals surface area contributed by atoms with Crippen LogP contribution in [0.15, 0.2) is 23.2 Å². The summed E-state index contributed by atoms with van der Waals surface area (Å²) in [6, 6.07) is 3.72. The van der Waals surface area contributed by atoms with Gasteiger partial charge >= 0.3 is 11.9 Å². The fourth-order valence-corrected chi connectivity index (χ4v) is 3.35. The Hall–Kier alpha value is -1.56. The van der Waals surface area contributed by atoms with Crippen molar-refractivity contribution in [3.8, 4) is 0 Å². The van der Waals surface area contributed by atoms with Crippen LogP contribution < -0.4 is 0 Å². The number of nitrogens with zero attached hydrogens (tertiary/aromatic N) is 1. The zero-order chi connectivity index (χ0) is 14.5. The van der Waals surface area contributed by atoms with Crippen LogP contribution in [0.4, 0.5) is 0 Å². The van der Waals surface area contributed by atoms with Crippen molar-refractivity contribution in [3.63, 3.8) is 0 Å². The summed E-state index contributed by atoms with van der Waals surface area (Å²) in [7, 11) is 0. The van der Waals surface area contributed by atoms with Crippen molar-refractivity contribution in [1.82, 2.24) is 4.98 Å². The number of pyridine rings is 1. The molecule has 108 valence electrons. The molecule has 0 amide bonds. The van der Waals surface area contributed by atoms with Crippen molar-refractivity contribution in [2.75, 3.05) is 13.2 Å². The molecule has 5 nitrogen and oxygen atoms in total. The van der Waals surface area contributed by atoms with E-state index < -0.39 is 11.2 Å². The van der Waals surface area contributed by atoms with Crippen LogP contribution in [0.5, 0.6) is 0 Å². The molecule has 0 radical (unpaired) electrons. The average molecular weight is 295 g/mol. The first kappa shape index (κ1) is 14.8. The van der Waals surface area contributed by atoms with E-state index in [1.54, 1.807) is 20.0 Å². The Balaban J connectivity index is 2.26. The second-order valence-electron chi connectivity index (χ2n) is 4.30. The maximum absolute atomic E-state index is 12.1. The Morgan fingerprint density at radius 2 is 2.00 bits per heavy atom. The van der Waals surface area contributed by atoms with Crippen LogP contribution in [-0.4, -0.2) is 35.4 Å². The molecule has 2 rings (SSSR count). The minimum Gasteiger partial charge on any atom is -0.466 e. The number of hydrogen-bond acceptors (Lipinski definition) is 6. The molecule has 1 aliphatic rings. The lowest BCUT2D eigenvalue weighted by Gasteiger charge is -2.28. The molecule has 2 unspecified atom stereocenters. The molecule has 2 heterocycles. The summed E-state index contributed by atoms with van der Waals surface area (Å²) in [6.45, 7) is 4.09. The molecular formula is C14H17NO4S. The van der Waals surface area contributed by atoms with E-state index in [-0.39, 0.29) is 11.9 Å². The van der Waals surface area contributed by atoms with Gasteiger partial charge in [0.25, 0.3) is 0 Å². The molecule has 0 bridgehead atoms. The maximum Gasteiger partial charge on any atom is 0.320 e. The van der Waals surface area contributed by atoms with Crippen molar-refractivity contribution in [2.24, 2.45) is 5.92 Å². The van der Waals surface area contributed by atoms with Crippen LogP contribution in [0.2, 0.25) is 0 Å². The molecule has 0 spiro atoms. The van der Waals surface area contributed by atoms with Crippen LogP contribution in [0.3, 0.4) is 0 Å². The number of aromatic nitrogens is 1. The van der Waals surface area contributed by atoms with E-state index in [0.29, 0.717) is 19.6 Å². The van der Waals surface area contributed by atoms with E-state index >= 15 is 0 Å². The summed E-state index contributed by atoms with van der Waals surface area (Å²) in [5.74, 6) is -1.28. The fourth-order valence-electron chi connectivity index (χ4n) is 2.11. The highest BCUT2D eigenvalue weighted by atomic mass is 32.2. The van der Waals surface area contributed by atoms with Crippen LogP contribution in [0, 0.1) is 5.92 Å². The molecule has 0 aromatic carbocycles. The third-order valence-corrected chi connectivity index (χ3v) is 4.39. The first-order chi connectivity index (χ1) is 9.67. The minimum absolute atomic E-state index is 0.296. The summed E-state index contributed by atoms with van der Waals surface area (Å²) in [4.78, 5) is 29.3. The van der Waals surface area contributed by atoms with Gasteiger partial charge in [-0.25, -0.2) is 0 Å². The van der Waals surface area contributed by atoms with Gasteiger partial charge < -0.3 is 9.47 Å². The van der Waals surface area contributed by atoms with Gasteiger partial charge in [0.2, 0.25) is 0 Å². The first-order valence-electron chi connectivity index (χ1n) is 6.61. The topological polar surface area (TPSA) is 65.5 Å². The highest BCUT2D eigenvalue weighted by molar-refractivity contribution is 8.00. The molecule has 0 aliphatic carbocycles. The van der Waals surface area contributed by atoms with Gasteiger partial charge in [-0.05, 0) is 26.0 Å². The van der Waals surface area contributed by atoms with Crippen LogP contribution in [-0.2, 0) is 25.5 Å². The van der Waals surface area contributed by atoms with Gasteiger partial charge in [-0.1, -0.05) is 0 Å². The maximum atomic E-state index is 12.1. The number of hydrogen-bond donors (Lipinski definition) is 0. The smallest absolute Gasteiger partial charge is 0.320 e. The number of rotatable bonds is 4. The summed E-state index contributed by atoms with van der Waals surface area (Å²) >= 11 is 1.33. The monoisotopic (exact) mass is 295 g/mol. The van der Waals surface area contributed by atoms with Gasteiger partial charge in [0.05, 0.1) is 24.8 Å². The van der Waals surface area contributed by atoms with E-state index in [1.165, 1.54) is 11.8 Å². The number of ether oxygens (including phenoxy) is 2. The summed E-state index contributed by atoms with van der Waals surface area (Å²) in [6.07, 6.45) is 2.10. The molecular weight excluding hydrogens is 278 g/mol. The summed E-state index contributed by atoms with van der Waals surface area (Å²) in [5, 5.41) is -0.564. The highest BCUT2D eigenvalue weighted by Crippen LogP contribution is 2.38. The van der Waals surface area contributed by atoms with Crippen molar-refractivity contribution >= 4 is 23.7 Å². The molecule has 20 heavy (non-hydrogen) atoms. The van der Waals surface area contributed by atoms with Crippen LogP contribution in [0.25, 0.3) is 0 Å². The van der Waals surface area contributed by atoms with Crippen LogP contribution in [0.1, 0.15) is 19.5 Å². The predicted molar refractivity (Wildman–Crippen MR) is 74.3 cm³/mol. The Kier molecular flexibility index (Phi) is 5.00. The van der Waals surface area contributed by atoms with Gasteiger partial charge in [0, 0.05) is 17.5 Å². The van der Waals surface area contributed by atoms with Crippen molar-refractivity contribution in [2.45, 2.75) is 30.4 Å². The highest BCUT2D eigenvalue weighted by Gasteiger charge is 2.41. The quantitative estimate of drug-likeness (QED) is 0.790. The molecule has 1 aliphatic heterocycles. The van der Waals surface area contributed by atoms with Gasteiger partial charge in [0.15, 0.2) is 0 Å². The first-order valence-corrected chi connectivity index (χ1v) is 7.49. The molecule has 0 saturated heterocycles. The molecule has 0 fully saturated rings. The second-order valence-corrected chi connectivity index (χ2v) is 5.48. The largest absolute Gasteiger partial charge is 0.466 e. The number of fused-ring (bicyclic) bond motifs is 1. The van der Waals surface area contributed by atoms with Crippen molar-refractivity contribution in [1.29, 1.82) is 0 Å². The number of carbonyl (C=O) groups is 2. The van der Waals surface area contributed by atoms with Crippen molar-refractivity contribution < 1.29 is 19.1 Å². The molecule has 1 aromatic heterocycles. The third kappa shape index (κ3) is 3.12. The molecule has 6 heteroatoms. The van der Waals surface area contributed by atoms with E-state index in [2.05, 4.69) is 4.98 Å². The lowest BCUT2D eigenvalue weighted by atomic mass is 9.98. The SMILES string of the molecule is CCOC(=O)C1Cc2ncccc2SC1C(=O)OCC. The third-order valence-electron chi connectivity index (χ3n) is 2.99. The Bertz CT molecular complexity index is 461. The second kappa shape index (κ2) is 6.74. The summed E-state index contributed by atoms with van der Waals surface area (Å²) in [5.41, 5.74) is 0.830. The van der Waals surface area contributed by atoms with Crippen molar-refractivity contribution in [3.05, 3.63) is 24.0 Å². The lowest BCUT2D eigenvalue weighted by Crippen LogP contribution is -2.39. The Morgan fingerprint density at radius 3 is 2.70 bits per heavy atom. The molecule has 2 atom stereocenters. The minimum atomic E-state index is -0.564. The van der Waals surface area contributed by atoms with Crippen LogP contribution >= 0.6 is 11.8 Å². The lowest BCUT2D eigenvalue weighted by molar-refractivity contribution is -0.154. The number of thioether (sulfide) groups is 1. The Morgan fingerprint density at radius 1 is 1.30 bits per heavy atom. The zero-order valence-electron chi connectivity index (χ0n) is 11.5. The van der Waals surface area contributed by atoms with Gasteiger partial charge in [0.1, 0.15) is 5.25 Å². The van der Waals surface area contributed by atoms with E-state index in [1.807, 2.05) is 12.1 Å². The van der Waals surface area contributed by atoms with Gasteiger partial charge in [-0.15, -0.1) is 11.8 Å². The standard InChI is InChI=1S/C14H17NO4S/c1-3-18-13(16)9-8-10-11(6-5-7-15-10)20-12(9)14(17)19-4-2/h5-7,9,12H,3-4,8H2,1-2H3. The summed E-state index contributed by atoms with van der Waals surface area (Å²) < 4.78 is 10.1. The number of carbonyl (C=O) groups excluding carboxylic acids is 2. The van der Waals surface area contributed by atoms with E-state index in [0.717, 1.165) is 10.6 Å². The normalized spacial score (nSPS) is 20.9. The van der Waals surface area contributed by atoms with E-state index in [4.69, 9.17) is 9.47 Å². The molecule has 0 saturated carbocycles. The van der Waals surface area contributed by atoms with Gasteiger partial charge in [-0.2, -0.15) is 0 Å². The predicted octanol–water partition coefficient (Wildman–Crippen LogP) is 1.84. The fraction of sp³-hybridized carbons (Fsp3) is 0.500.